The molecule has 4 aromatic rings. The Morgan fingerprint density at radius 3 is 1.51 bits per heavy atom. The van der Waals surface area contributed by atoms with Crippen LogP contribution in [0.15, 0.2) is 84.2 Å². The molecule has 12 nitrogen and oxygen atoms in total. The molecule has 0 bridgehead atoms. The summed E-state index contributed by atoms with van der Waals surface area (Å²) in [5, 5.41) is 14.9. The molecule has 0 fully saturated rings. The third kappa shape index (κ3) is 15.9. The van der Waals surface area contributed by atoms with Crippen molar-refractivity contribution in [1.29, 1.82) is 0 Å². The van der Waals surface area contributed by atoms with Crippen LogP contribution in [0.5, 0.6) is 0 Å². The largest absolute Gasteiger partial charge is 0.345 e. The number of carbonyl (C=O) groups excluding carboxylic acids is 6. The summed E-state index contributed by atoms with van der Waals surface area (Å²) >= 11 is 1.35. The Hall–Kier alpha value is -6.10. The molecule has 0 radical (unpaired) electrons. The number of anilines is 2. The van der Waals surface area contributed by atoms with Gasteiger partial charge in [0.05, 0.1) is 30.9 Å². The Morgan fingerprint density at radius 1 is 0.632 bits per heavy atom. The Labute approximate surface area is 331 Å². The topological polar surface area (TPSA) is 166 Å². The lowest BCUT2D eigenvalue weighted by atomic mass is 10.0. The van der Waals surface area contributed by atoms with Crippen LogP contribution in [0.3, 0.4) is 0 Å². The molecule has 0 spiro atoms. The first-order chi connectivity index (χ1) is 26.8. The summed E-state index contributed by atoms with van der Waals surface area (Å²) in [6.45, 7) is 8.07. The maximum atomic E-state index is 13.2. The van der Waals surface area contributed by atoms with E-state index in [-0.39, 0.29) is 43.0 Å². The van der Waals surface area contributed by atoms with Crippen molar-refractivity contribution in [3.8, 4) is 0 Å². The summed E-state index contributed by atoms with van der Waals surface area (Å²) in [5.74, 6) is -6.07. The van der Waals surface area contributed by atoms with Crippen LogP contribution in [0.2, 0.25) is 0 Å². The molecular weight excluding hydrogens is 769 g/mol. The predicted octanol–water partition coefficient (Wildman–Crippen LogP) is 4.79. The lowest BCUT2D eigenvalue weighted by Gasteiger charge is -2.36. The Morgan fingerprint density at radius 2 is 1.09 bits per heavy atom. The van der Waals surface area contributed by atoms with E-state index in [1.807, 2.05) is 51.1 Å². The number of nitrogens with one attached hydrogen (secondary N) is 5. The molecule has 0 aliphatic carbocycles. The molecule has 0 aliphatic rings. The molecule has 1 aromatic heterocycles. The fourth-order valence-electron chi connectivity index (χ4n) is 5.24. The number of hydrogen-bond acceptors (Lipinski definition) is 7. The number of hydrogen-bond donors (Lipinski definition) is 5. The molecular formula is C40H44F4N6O6S. The molecule has 0 aliphatic heterocycles. The van der Waals surface area contributed by atoms with Crippen LogP contribution in [0.25, 0.3) is 0 Å². The second kappa shape index (κ2) is 21.3. The number of carbonyl (C=O) groups is 6. The van der Waals surface area contributed by atoms with Gasteiger partial charge in [-0.1, -0.05) is 18.2 Å². The van der Waals surface area contributed by atoms with Crippen molar-refractivity contribution in [2.45, 2.75) is 65.1 Å². The first-order valence-electron chi connectivity index (χ1n) is 17.6. The van der Waals surface area contributed by atoms with Crippen LogP contribution >= 0.6 is 11.3 Å². The molecule has 1 heterocycles. The van der Waals surface area contributed by atoms with E-state index in [0.717, 1.165) is 24.3 Å². The second-order valence-electron chi connectivity index (χ2n) is 13.7. The molecule has 0 unspecified atom stereocenters. The van der Waals surface area contributed by atoms with Gasteiger partial charge >= 0.3 is 0 Å². The van der Waals surface area contributed by atoms with E-state index in [4.69, 9.17) is 0 Å². The summed E-state index contributed by atoms with van der Waals surface area (Å²) in [6.07, 6.45) is -0.553. The van der Waals surface area contributed by atoms with E-state index in [0.29, 0.717) is 22.8 Å². The number of para-hydroxylation sites is 1. The highest BCUT2D eigenvalue weighted by atomic mass is 32.1. The number of amides is 6. The summed E-state index contributed by atoms with van der Waals surface area (Å²) in [4.78, 5) is 74.3. The monoisotopic (exact) mass is 812 g/mol. The molecule has 5 N–H and O–H groups in total. The first kappa shape index (κ1) is 45.3. The molecule has 2 atom stereocenters. The summed E-state index contributed by atoms with van der Waals surface area (Å²) in [5.41, 5.74) is 0.505. The third-order valence-electron chi connectivity index (χ3n) is 7.67. The Balaban J connectivity index is 0.000000310. The Bertz CT molecular complexity index is 1990. The minimum absolute atomic E-state index is 0.154. The highest BCUT2D eigenvalue weighted by Gasteiger charge is 2.28. The normalized spacial score (nSPS) is 11.8. The SMILES string of the molecule is C[C@H](NC(=O)Cc1cc(F)cc(F)c1)C(=O)NCC(=O)N(c1ccccc1)C(C)(C)C.C[C@H](NC(=O)Cc1cc(F)cc(F)c1)C(=O)NCC(=O)Nc1cccs1. The van der Waals surface area contributed by atoms with Crippen LogP contribution < -0.4 is 31.5 Å². The summed E-state index contributed by atoms with van der Waals surface area (Å²) < 4.78 is 52.7. The van der Waals surface area contributed by atoms with Gasteiger partial charge in [-0.2, -0.15) is 0 Å². The van der Waals surface area contributed by atoms with Crippen molar-refractivity contribution >= 4 is 57.5 Å². The Kier molecular flexibility index (Phi) is 16.9. The first-order valence-corrected chi connectivity index (χ1v) is 18.4. The molecule has 304 valence electrons. The summed E-state index contributed by atoms with van der Waals surface area (Å²) in [7, 11) is 0. The van der Waals surface area contributed by atoms with E-state index in [1.54, 1.807) is 22.4 Å². The van der Waals surface area contributed by atoms with Crippen molar-refractivity contribution in [3.63, 3.8) is 0 Å². The quantitative estimate of drug-likeness (QED) is 0.115. The van der Waals surface area contributed by atoms with Gasteiger partial charge in [0.1, 0.15) is 35.4 Å². The average Bonchev–Trinajstić information content (AvgIpc) is 3.61. The van der Waals surface area contributed by atoms with Crippen molar-refractivity contribution in [2.24, 2.45) is 0 Å². The van der Waals surface area contributed by atoms with Crippen LogP contribution in [0.4, 0.5) is 28.3 Å². The van der Waals surface area contributed by atoms with Crippen LogP contribution in [0, 0.1) is 23.3 Å². The number of nitrogens with zero attached hydrogens (tertiary/aromatic N) is 1. The van der Waals surface area contributed by atoms with Gasteiger partial charge in [-0.15, -0.1) is 11.3 Å². The van der Waals surface area contributed by atoms with Gasteiger partial charge in [0.25, 0.3) is 0 Å². The minimum Gasteiger partial charge on any atom is -0.345 e. The number of benzene rings is 3. The van der Waals surface area contributed by atoms with Crippen LogP contribution in [-0.2, 0) is 41.6 Å². The fourth-order valence-corrected chi connectivity index (χ4v) is 5.88. The van der Waals surface area contributed by atoms with Gasteiger partial charge in [0.15, 0.2) is 0 Å². The molecule has 17 heteroatoms. The van der Waals surface area contributed by atoms with Crippen molar-refractivity contribution in [2.75, 3.05) is 23.3 Å². The smallest absolute Gasteiger partial charge is 0.246 e. The zero-order valence-electron chi connectivity index (χ0n) is 31.9. The summed E-state index contributed by atoms with van der Waals surface area (Å²) in [6, 6.07) is 16.4. The van der Waals surface area contributed by atoms with E-state index in [1.165, 1.54) is 25.2 Å². The van der Waals surface area contributed by atoms with E-state index >= 15 is 0 Å². The second-order valence-corrected chi connectivity index (χ2v) is 14.6. The average molecular weight is 813 g/mol. The van der Waals surface area contributed by atoms with Crippen LogP contribution in [-0.4, -0.2) is 66.2 Å². The zero-order chi connectivity index (χ0) is 42.3. The lowest BCUT2D eigenvalue weighted by molar-refractivity contribution is -0.129. The maximum absolute atomic E-state index is 13.2. The third-order valence-corrected chi connectivity index (χ3v) is 8.46. The van der Waals surface area contributed by atoms with Crippen molar-refractivity contribution in [3.05, 3.63) is 119 Å². The van der Waals surface area contributed by atoms with Crippen LogP contribution in [0.1, 0.15) is 45.7 Å². The minimum atomic E-state index is -0.932. The maximum Gasteiger partial charge on any atom is 0.246 e. The van der Waals surface area contributed by atoms with Gasteiger partial charge in [0.2, 0.25) is 35.4 Å². The number of thiophene rings is 1. The molecule has 0 saturated carbocycles. The fraction of sp³-hybridized carbons (Fsp3) is 0.300. The highest BCUT2D eigenvalue weighted by Crippen LogP contribution is 2.23. The predicted molar refractivity (Wildman–Crippen MR) is 208 cm³/mol. The van der Waals surface area contributed by atoms with Gasteiger partial charge in [-0.05, 0) is 99.7 Å². The number of halogens is 4. The van der Waals surface area contributed by atoms with E-state index in [2.05, 4.69) is 26.6 Å². The molecule has 57 heavy (non-hydrogen) atoms. The van der Waals surface area contributed by atoms with E-state index in [9.17, 15) is 46.3 Å². The van der Waals surface area contributed by atoms with Gasteiger partial charge in [0, 0.05) is 23.4 Å². The van der Waals surface area contributed by atoms with Crippen molar-refractivity contribution < 1.29 is 46.3 Å². The lowest BCUT2D eigenvalue weighted by Crippen LogP contribution is -2.52. The van der Waals surface area contributed by atoms with Gasteiger partial charge < -0.3 is 31.5 Å². The van der Waals surface area contributed by atoms with Gasteiger partial charge in [-0.25, -0.2) is 17.6 Å². The zero-order valence-corrected chi connectivity index (χ0v) is 32.7. The van der Waals surface area contributed by atoms with E-state index < -0.39 is 70.4 Å². The molecule has 0 saturated heterocycles. The van der Waals surface area contributed by atoms with Gasteiger partial charge in [-0.3, -0.25) is 28.8 Å². The number of rotatable bonds is 14. The standard InChI is InChI=1S/C23H27F2N3O3.C17H17F2N3O3S/c1-15(27-20(29)12-16-10-17(24)13-18(25)11-16)22(31)26-14-21(30)28(23(2,3)4)19-8-6-5-7-9-19;1-10(17(25)20-9-15(24)22-16-3-2-4-26-16)21-14(23)7-11-5-12(18)8-13(19)6-11/h5-11,13,15H,12,14H2,1-4H3,(H,26,31)(H,27,29);2-6,8,10H,7,9H2,1H3,(H,20,25)(H,21,23)(H,22,24)/t15-;10-/m00/s1. The molecule has 6 amide bonds. The molecule has 3 aromatic carbocycles. The molecule has 4 rings (SSSR count). The van der Waals surface area contributed by atoms with Crippen molar-refractivity contribution in [1.82, 2.24) is 21.3 Å². The highest BCUT2D eigenvalue weighted by molar-refractivity contribution is 7.14.